The minimum Gasteiger partial charge on any atom is -0.334 e. The first kappa shape index (κ1) is 36.0. The molecule has 9 rings (SSSR count). The van der Waals surface area contributed by atoms with Crippen molar-refractivity contribution in [2.45, 2.75) is 37.1 Å². The first-order valence-corrected chi connectivity index (χ1v) is 20.3. The van der Waals surface area contributed by atoms with Crippen LogP contribution < -0.4 is 4.90 Å². The Bertz CT molecular complexity index is 2520. The molecule has 0 fully saturated rings. The number of hydrogen-bond acceptors (Lipinski definition) is 1. The fourth-order valence-corrected chi connectivity index (χ4v) is 9.03. The number of rotatable bonds is 11. The number of nitrogens with zero attached hydrogens (tertiary/aromatic N) is 1. The van der Waals surface area contributed by atoms with Crippen LogP contribution in [0.5, 0.6) is 0 Å². The average Bonchev–Trinajstić information content (AvgIpc) is 3.29. The van der Waals surface area contributed by atoms with Crippen LogP contribution >= 0.6 is 0 Å². The summed E-state index contributed by atoms with van der Waals surface area (Å²) >= 11 is 0. The summed E-state index contributed by atoms with van der Waals surface area (Å²) in [6, 6.07) is 75.2. The van der Waals surface area contributed by atoms with E-state index in [0.29, 0.717) is 0 Å². The van der Waals surface area contributed by atoms with E-state index in [0.717, 1.165) is 25.7 Å². The van der Waals surface area contributed by atoms with Crippen molar-refractivity contribution in [3.63, 3.8) is 0 Å². The highest BCUT2D eigenvalue weighted by Gasteiger charge is 2.45. The second-order valence-electron chi connectivity index (χ2n) is 15.2. The summed E-state index contributed by atoms with van der Waals surface area (Å²) < 4.78 is 0. The third-order valence-corrected chi connectivity index (χ3v) is 11.8. The molecule has 0 amide bonds. The van der Waals surface area contributed by atoms with E-state index in [1.165, 1.54) is 67.0 Å². The lowest BCUT2D eigenvalue weighted by Gasteiger charge is -2.47. The van der Waals surface area contributed by atoms with E-state index >= 15 is 0 Å². The van der Waals surface area contributed by atoms with Crippen molar-refractivity contribution in [1.82, 2.24) is 0 Å². The number of para-hydroxylation sites is 1. The number of allylic oxidation sites excluding steroid dienone is 4. The number of fused-ring (bicyclic) bond motifs is 1. The molecule has 7 aromatic carbocycles. The third kappa shape index (κ3) is 7.62. The summed E-state index contributed by atoms with van der Waals surface area (Å²) in [5.74, 6) is 0. The van der Waals surface area contributed by atoms with E-state index < -0.39 is 0 Å². The zero-order chi connectivity index (χ0) is 38.3. The second kappa shape index (κ2) is 16.6. The van der Waals surface area contributed by atoms with Gasteiger partial charge in [-0.05, 0) is 106 Å². The molecule has 57 heavy (non-hydrogen) atoms. The first-order valence-electron chi connectivity index (χ1n) is 20.3. The largest absolute Gasteiger partial charge is 0.334 e. The van der Waals surface area contributed by atoms with E-state index in [1.807, 2.05) is 0 Å². The van der Waals surface area contributed by atoms with Gasteiger partial charge in [0.15, 0.2) is 0 Å². The zero-order valence-corrected chi connectivity index (χ0v) is 32.3. The predicted molar refractivity (Wildman–Crippen MR) is 242 cm³/mol. The number of aryl methyl sites for hydroxylation is 1. The first-order chi connectivity index (χ1) is 28.2. The van der Waals surface area contributed by atoms with Gasteiger partial charge >= 0.3 is 0 Å². The smallest absolute Gasteiger partial charge is 0.0566 e. The van der Waals surface area contributed by atoms with Crippen LogP contribution in [0, 0.1) is 0 Å². The maximum Gasteiger partial charge on any atom is 0.0566 e. The van der Waals surface area contributed by atoms with Crippen molar-refractivity contribution in [2.24, 2.45) is 0 Å². The molecule has 0 aromatic heterocycles. The van der Waals surface area contributed by atoms with Gasteiger partial charge in [-0.15, -0.1) is 0 Å². The van der Waals surface area contributed by atoms with Crippen molar-refractivity contribution < 1.29 is 0 Å². The molecule has 2 atom stereocenters. The molecule has 2 aliphatic rings. The Morgan fingerprint density at radius 3 is 1.65 bits per heavy atom. The summed E-state index contributed by atoms with van der Waals surface area (Å²) in [6.45, 7) is 0. The molecule has 0 heterocycles. The van der Waals surface area contributed by atoms with Gasteiger partial charge in [0, 0.05) is 16.8 Å². The lowest BCUT2D eigenvalue weighted by atomic mass is 9.57. The van der Waals surface area contributed by atoms with Gasteiger partial charge in [-0.1, -0.05) is 206 Å². The Hall–Kier alpha value is -6.70. The maximum atomic E-state index is 2.61. The van der Waals surface area contributed by atoms with E-state index in [1.54, 1.807) is 0 Å². The molecular formula is C56H47N. The van der Waals surface area contributed by atoms with Crippen LogP contribution in [0.15, 0.2) is 230 Å². The Morgan fingerprint density at radius 1 is 0.509 bits per heavy atom. The Kier molecular flexibility index (Phi) is 10.5. The molecule has 276 valence electrons. The van der Waals surface area contributed by atoms with E-state index in [2.05, 4.69) is 235 Å². The summed E-state index contributed by atoms with van der Waals surface area (Å²) in [7, 11) is 0. The van der Waals surface area contributed by atoms with Crippen LogP contribution in [0.2, 0.25) is 0 Å². The molecule has 0 radical (unpaired) electrons. The van der Waals surface area contributed by atoms with Crippen LogP contribution in [0.3, 0.4) is 0 Å². The maximum absolute atomic E-state index is 2.61. The monoisotopic (exact) mass is 733 g/mol. The number of hydrogen-bond donors (Lipinski definition) is 0. The van der Waals surface area contributed by atoms with Crippen LogP contribution in [0.1, 0.15) is 52.6 Å². The van der Waals surface area contributed by atoms with Crippen molar-refractivity contribution >= 4 is 34.7 Å². The molecule has 2 unspecified atom stereocenters. The van der Waals surface area contributed by atoms with Crippen LogP contribution in [0.25, 0.3) is 23.3 Å². The van der Waals surface area contributed by atoms with Crippen molar-refractivity contribution in [3.8, 4) is 0 Å². The quantitative estimate of drug-likeness (QED) is 0.120. The average molecular weight is 734 g/mol. The summed E-state index contributed by atoms with van der Waals surface area (Å²) in [5.41, 5.74) is 15.4. The van der Waals surface area contributed by atoms with Gasteiger partial charge in [-0.25, -0.2) is 0 Å². The van der Waals surface area contributed by atoms with Crippen LogP contribution in [-0.4, -0.2) is 6.04 Å². The van der Waals surface area contributed by atoms with Gasteiger partial charge in [0.1, 0.15) is 0 Å². The summed E-state index contributed by atoms with van der Waals surface area (Å²) in [5, 5.41) is 0. The molecule has 0 N–H and O–H groups in total. The molecule has 0 saturated carbocycles. The minimum atomic E-state index is -0.221. The molecule has 0 spiro atoms. The highest BCUT2D eigenvalue weighted by molar-refractivity contribution is 6.04. The Labute approximate surface area is 338 Å². The third-order valence-electron chi connectivity index (χ3n) is 11.8. The highest BCUT2D eigenvalue weighted by atomic mass is 15.2. The molecule has 1 nitrogen and oxygen atoms in total. The molecule has 2 aliphatic carbocycles. The lowest BCUT2D eigenvalue weighted by Crippen LogP contribution is -2.38. The van der Waals surface area contributed by atoms with Crippen molar-refractivity contribution in [2.75, 3.05) is 4.90 Å². The van der Waals surface area contributed by atoms with Gasteiger partial charge in [-0.3, -0.25) is 0 Å². The predicted octanol–water partition coefficient (Wildman–Crippen LogP) is 14.2. The van der Waals surface area contributed by atoms with Crippen molar-refractivity contribution in [3.05, 3.63) is 263 Å². The SMILES string of the molecule is C1=C2C(=CCC1N(c1ccccc1)c1ccc(/C=C/c3ccccc3)cc1)C(CCc1ccccc1)(c1ccccc1)CC(c1ccccc1)=C2c1ccccc1. The Balaban J connectivity index is 1.22. The summed E-state index contributed by atoms with van der Waals surface area (Å²) in [4.78, 5) is 2.54. The summed E-state index contributed by atoms with van der Waals surface area (Å²) in [6.07, 6.45) is 13.4. The molecular weight excluding hydrogens is 687 g/mol. The minimum absolute atomic E-state index is 0.0910. The lowest BCUT2D eigenvalue weighted by molar-refractivity contribution is 0.469. The van der Waals surface area contributed by atoms with Crippen LogP contribution in [0.4, 0.5) is 11.4 Å². The Morgan fingerprint density at radius 2 is 1.02 bits per heavy atom. The van der Waals surface area contributed by atoms with Gasteiger partial charge in [0.25, 0.3) is 0 Å². The van der Waals surface area contributed by atoms with Crippen molar-refractivity contribution in [1.29, 1.82) is 0 Å². The highest BCUT2D eigenvalue weighted by Crippen LogP contribution is 2.57. The van der Waals surface area contributed by atoms with E-state index in [9.17, 15) is 0 Å². The van der Waals surface area contributed by atoms with Gasteiger partial charge in [0.2, 0.25) is 0 Å². The molecule has 7 aromatic rings. The van der Waals surface area contributed by atoms with Gasteiger partial charge in [0.05, 0.1) is 6.04 Å². The molecule has 0 aliphatic heterocycles. The van der Waals surface area contributed by atoms with Gasteiger partial charge in [-0.2, -0.15) is 0 Å². The topological polar surface area (TPSA) is 3.24 Å². The number of anilines is 2. The molecule has 0 bridgehead atoms. The van der Waals surface area contributed by atoms with Gasteiger partial charge < -0.3 is 4.90 Å². The second-order valence-corrected chi connectivity index (χ2v) is 15.2. The van der Waals surface area contributed by atoms with E-state index in [4.69, 9.17) is 0 Å². The normalized spacial score (nSPS) is 17.8. The number of benzene rings is 7. The fourth-order valence-electron chi connectivity index (χ4n) is 9.03. The van der Waals surface area contributed by atoms with E-state index in [-0.39, 0.29) is 11.5 Å². The van der Waals surface area contributed by atoms with Crippen LogP contribution in [-0.2, 0) is 11.8 Å². The molecule has 0 saturated heterocycles. The zero-order valence-electron chi connectivity index (χ0n) is 32.3. The fraction of sp³-hybridized carbons (Fsp3) is 0.107. The molecule has 1 heteroatoms. The standard InChI is InChI=1S/C56H47N/c1-7-19-43(20-8-1)31-32-45-33-35-50(36-34-45)57(49-29-17-6-18-30-49)51-37-38-54-52(41-51)55(47-25-13-4-14-26-47)53(46-23-11-3-12-24-46)42-56(54,48-27-15-5-16-28-48)40-39-44-21-9-2-10-22-44/h1-36,38,41,51H,37,39-40,42H2/b32-31+.